The normalized spacial score (nSPS) is 10.9. The zero-order valence-electron chi connectivity index (χ0n) is 9.73. The predicted molar refractivity (Wildman–Crippen MR) is 68.5 cm³/mol. The summed E-state index contributed by atoms with van der Waals surface area (Å²) >= 11 is 3.58. The van der Waals surface area contributed by atoms with Crippen molar-refractivity contribution in [3.63, 3.8) is 0 Å². The lowest BCUT2D eigenvalue weighted by atomic mass is 10.2. The van der Waals surface area contributed by atoms with Gasteiger partial charge < -0.3 is 14.2 Å². The summed E-state index contributed by atoms with van der Waals surface area (Å²) in [6.07, 6.45) is 3.05. The van der Waals surface area contributed by atoms with Gasteiger partial charge >= 0.3 is 0 Å². The summed E-state index contributed by atoms with van der Waals surface area (Å²) in [6, 6.07) is 2.16. The molecule has 0 unspecified atom stereocenters. The van der Waals surface area contributed by atoms with Crippen molar-refractivity contribution < 1.29 is 14.2 Å². The second kappa shape index (κ2) is 9.01. The molecule has 3 nitrogen and oxygen atoms in total. The second-order valence-electron chi connectivity index (χ2n) is 3.11. The van der Waals surface area contributed by atoms with Crippen molar-refractivity contribution in [3.05, 3.63) is 17.0 Å². The maximum Gasteiger partial charge on any atom is 0.146 e. The molecule has 0 aromatic carbocycles. The first-order valence-electron chi connectivity index (χ1n) is 5.13. The van der Waals surface area contributed by atoms with Gasteiger partial charge in [0.2, 0.25) is 0 Å². The van der Waals surface area contributed by atoms with Crippen LogP contribution in [-0.4, -0.2) is 40.0 Å². The second-order valence-corrected chi connectivity index (χ2v) is 5.11. The van der Waals surface area contributed by atoms with Crippen molar-refractivity contribution >= 4 is 23.1 Å². The van der Waals surface area contributed by atoms with Crippen LogP contribution in [0.5, 0.6) is 0 Å². The van der Waals surface area contributed by atoms with E-state index in [1.165, 1.54) is 9.77 Å². The quantitative estimate of drug-likeness (QED) is 0.388. The van der Waals surface area contributed by atoms with Crippen molar-refractivity contribution in [2.75, 3.05) is 40.0 Å². The Kier molecular flexibility index (Phi) is 7.88. The molecule has 0 spiro atoms. The third-order valence-electron chi connectivity index (χ3n) is 2.01. The first kappa shape index (κ1) is 14.0. The first-order chi connectivity index (χ1) is 7.88. The summed E-state index contributed by atoms with van der Waals surface area (Å²) in [5.74, 6) is 0. The highest BCUT2D eigenvalue weighted by Crippen LogP contribution is 2.26. The van der Waals surface area contributed by atoms with E-state index < -0.39 is 0 Å². The molecule has 0 aliphatic heterocycles. The van der Waals surface area contributed by atoms with Crippen LogP contribution in [0.3, 0.4) is 0 Å². The van der Waals surface area contributed by atoms with Crippen LogP contribution >= 0.6 is 23.1 Å². The summed E-state index contributed by atoms with van der Waals surface area (Å²) in [5.41, 5.74) is 1.37. The molecule has 0 aliphatic rings. The molecule has 0 atom stereocenters. The van der Waals surface area contributed by atoms with E-state index in [9.17, 15) is 0 Å². The average Bonchev–Trinajstić information content (AvgIpc) is 2.75. The number of thioether (sulfide) groups is 1. The third-order valence-corrected chi connectivity index (χ3v) is 4.18. The highest BCUT2D eigenvalue weighted by molar-refractivity contribution is 8.00. The molecule has 1 aromatic rings. The zero-order valence-corrected chi connectivity index (χ0v) is 11.4. The van der Waals surface area contributed by atoms with E-state index in [1.807, 2.05) is 0 Å². The average molecular weight is 262 g/mol. The topological polar surface area (TPSA) is 27.7 Å². The first-order valence-corrected chi connectivity index (χ1v) is 7.23. The van der Waals surface area contributed by atoms with Crippen LogP contribution in [0, 0.1) is 0 Å². The minimum absolute atomic E-state index is 0.349. The lowest BCUT2D eigenvalue weighted by molar-refractivity contribution is -0.0647. The Morgan fingerprint density at radius 3 is 2.81 bits per heavy atom. The smallest absolute Gasteiger partial charge is 0.146 e. The number of hydrogen-bond acceptors (Lipinski definition) is 5. The number of hydrogen-bond donors (Lipinski definition) is 0. The molecule has 0 radical (unpaired) electrons. The molecule has 1 heterocycles. The molecule has 1 rings (SSSR count). The Hall–Kier alpha value is -0.0700. The van der Waals surface area contributed by atoms with Crippen LogP contribution in [-0.2, 0) is 20.6 Å². The Morgan fingerprint density at radius 2 is 2.06 bits per heavy atom. The van der Waals surface area contributed by atoms with Crippen LogP contribution < -0.4 is 0 Å². The zero-order chi connectivity index (χ0) is 11.6. The molecule has 92 valence electrons. The van der Waals surface area contributed by atoms with Crippen molar-refractivity contribution in [1.29, 1.82) is 0 Å². The van der Waals surface area contributed by atoms with E-state index >= 15 is 0 Å². The monoisotopic (exact) mass is 262 g/mol. The fraction of sp³-hybridized carbons (Fsp3) is 0.636. The molecule has 0 saturated heterocycles. The molecule has 5 heteroatoms. The molecule has 0 amide bonds. The van der Waals surface area contributed by atoms with Gasteiger partial charge in [-0.1, -0.05) is 0 Å². The number of thiophene rings is 1. The maximum absolute atomic E-state index is 5.37. The van der Waals surface area contributed by atoms with Crippen molar-refractivity contribution in [2.45, 2.75) is 10.6 Å². The van der Waals surface area contributed by atoms with Crippen molar-refractivity contribution in [2.24, 2.45) is 0 Å². The molecule has 1 aromatic heterocycles. The molecule has 0 fully saturated rings. The lowest BCUT2D eigenvalue weighted by Gasteiger charge is -2.05. The molecule has 0 bridgehead atoms. The van der Waals surface area contributed by atoms with E-state index in [-0.39, 0.29) is 0 Å². The van der Waals surface area contributed by atoms with Gasteiger partial charge in [0.15, 0.2) is 0 Å². The number of ether oxygens (including phenoxy) is 3. The van der Waals surface area contributed by atoms with Gasteiger partial charge in [0.05, 0.1) is 24.0 Å². The fourth-order valence-corrected chi connectivity index (χ4v) is 2.85. The van der Waals surface area contributed by atoms with Gasteiger partial charge in [0.1, 0.15) is 6.79 Å². The lowest BCUT2D eigenvalue weighted by Crippen LogP contribution is -2.07. The SMILES string of the molecule is COCCOCOCCc1ccsc1SC. The van der Waals surface area contributed by atoms with Crippen LogP contribution in [0.15, 0.2) is 15.7 Å². The van der Waals surface area contributed by atoms with Crippen LogP contribution in [0.2, 0.25) is 0 Å². The Balaban J connectivity index is 2.03. The van der Waals surface area contributed by atoms with Crippen molar-refractivity contribution in [1.82, 2.24) is 0 Å². The third kappa shape index (κ3) is 5.32. The van der Waals surface area contributed by atoms with Gasteiger partial charge in [-0.2, -0.15) is 0 Å². The molecule has 0 aliphatic carbocycles. The van der Waals surface area contributed by atoms with E-state index in [2.05, 4.69) is 17.7 Å². The standard InChI is InChI=1S/C11H18O3S2/c1-12-6-7-14-9-13-5-3-10-4-8-16-11(10)15-2/h4,8H,3,5-7,9H2,1-2H3. The summed E-state index contributed by atoms with van der Waals surface area (Å²) < 4.78 is 16.8. The van der Waals surface area contributed by atoms with Crippen molar-refractivity contribution in [3.8, 4) is 0 Å². The summed E-state index contributed by atoms with van der Waals surface area (Å²) in [7, 11) is 1.66. The van der Waals surface area contributed by atoms with Gasteiger partial charge in [-0.05, 0) is 29.7 Å². The largest absolute Gasteiger partial charge is 0.382 e. The molecular formula is C11H18O3S2. The maximum atomic E-state index is 5.37. The number of methoxy groups -OCH3 is 1. The van der Waals surface area contributed by atoms with E-state index in [0.717, 1.165) is 6.42 Å². The highest BCUT2D eigenvalue weighted by Gasteiger charge is 2.02. The van der Waals surface area contributed by atoms with Crippen LogP contribution in [0.25, 0.3) is 0 Å². The van der Waals surface area contributed by atoms with Crippen LogP contribution in [0.1, 0.15) is 5.56 Å². The van der Waals surface area contributed by atoms with Gasteiger partial charge in [0.25, 0.3) is 0 Å². The van der Waals surface area contributed by atoms with Gasteiger partial charge in [-0.15, -0.1) is 23.1 Å². The fourth-order valence-electron chi connectivity index (χ4n) is 1.19. The predicted octanol–water partition coefficient (Wildman–Crippen LogP) is 2.65. The highest BCUT2D eigenvalue weighted by atomic mass is 32.2. The van der Waals surface area contributed by atoms with E-state index in [0.29, 0.717) is 26.6 Å². The molecule has 0 saturated carbocycles. The van der Waals surface area contributed by atoms with Gasteiger partial charge in [-0.3, -0.25) is 0 Å². The molecule has 16 heavy (non-hydrogen) atoms. The molecular weight excluding hydrogens is 244 g/mol. The Bertz CT molecular complexity index is 276. The van der Waals surface area contributed by atoms with Gasteiger partial charge in [-0.25, -0.2) is 0 Å². The summed E-state index contributed by atoms with van der Waals surface area (Å²) in [5, 5.41) is 2.12. The molecule has 0 N–H and O–H groups in total. The number of rotatable bonds is 9. The summed E-state index contributed by atoms with van der Waals surface area (Å²) in [4.78, 5) is 0. The van der Waals surface area contributed by atoms with Gasteiger partial charge in [0, 0.05) is 7.11 Å². The van der Waals surface area contributed by atoms with E-state index in [4.69, 9.17) is 14.2 Å². The minimum Gasteiger partial charge on any atom is -0.382 e. The Morgan fingerprint density at radius 1 is 1.25 bits per heavy atom. The van der Waals surface area contributed by atoms with E-state index in [1.54, 1.807) is 30.2 Å². The minimum atomic E-state index is 0.349. The van der Waals surface area contributed by atoms with Crippen LogP contribution in [0.4, 0.5) is 0 Å². The summed E-state index contributed by atoms with van der Waals surface area (Å²) in [6.45, 7) is 2.26. The Labute approximate surface area is 105 Å².